The van der Waals surface area contributed by atoms with Gasteiger partial charge in [-0.2, -0.15) is 0 Å². The molecule has 20 heavy (non-hydrogen) atoms. The number of carbonyl (C=O) groups excluding carboxylic acids is 3. The van der Waals surface area contributed by atoms with Gasteiger partial charge in [0.15, 0.2) is 11.6 Å². The summed E-state index contributed by atoms with van der Waals surface area (Å²) in [6, 6.07) is 0. The highest BCUT2D eigenvalue weighted by Crippen LogP contribution is 2.14. The Morgan fingerprint density at radius 3 is 1.90 bits per heavy atom. The molecule has 0 spiro atoms. The van der Waals surface area contributed by atoms with Crippen molar-refractivity contribution in [3.05, 3.63) is 0 Å². The quantitative estimate of drug-likeness (QED) is 0.661. The summed E-state index contributed by atoms with van der Waals surface area (Å²) in [5.41, 5.74) is 0. The van der Waals surface area contributed by atoms with Crippen molar-refractivity contribution in [3.8, 4) is 0 Å². The van der Waals surface area contributed by atoms with Crippen LogP contribution in [0.4, 0.5) is 0 Å². The van der Waals surface area contributed by atoms with Gasteiger partial charge in [-0.15, -0.1) is 0 Å². The van der Waals surface area contributed by atoms with Gasteiger partial charge >= 0.3 is 0 Å². The first-order valence-electron chi connectivity index (χ1n) is 7.11. The molecule has 1 N–H and O–H groups in total. The van der Waals surface area contributed by atoms with Crippen LogP contribution in [0.15, 0.2) is 0 Å². The summed E-state index contributed by atoms with van der Waals surface area (Å²) < 4.78 is 4.80. The molecule has 0 aliphatic carbocycles. The lowest BCUT2D eigenvalue weighted by atomic mass is 9.93. The third kappa shape index (κ3) is 7.38. The number of nitrogens with one attached hydrogen (secondary N) is 1. The molecule has 5 heteroatoms. The molecule has 2 atom stereocenters. The Bertz CT molecular complexity index is 339. The van der Waals surface area contributed by atoms with Gasteiger partial charge in [0.1, 0.15) is 6.61 Å². The van der Waals surface area contributed by atoms with E-state index in [1.54, 1.807) is 13.8 Å². The maximum Gasteiger partial charge on any atom is 0.222 e. The van der Waals surface area contributed by atoms with Crippen LogP contribution in [0, 0.1) is 17.8 Å². The summed E-state index contributed by atoms with van der Waals surface area (Å²) in [5.74, 6) is -0.430. The average molecular weight is 285 g/mol. The number of Topliss-reactive ketones (excluding diaryl/α,β-unsaturated/α-hetero) is 2. The molecule has 0 rings (SSSR count). The number of ether oxygens (including phenoxy) is 1. The summed E-state index contributed by atoms with van der Waals surface area (Å²) in [5, 5.41) is 2.62. The third-order valence-corrected chi connectivity index (χ3v) is 3.38. The van der Waals surface area contributed by atoms with Crippen molar-refractivity contribution in [1.29, 1.82) is 0 Å². The SMILES string of the molecule is COCC(=O)C(C)CCC(C)C(=O)CNC(=O)C(C)C. The van der Waals surface area contributed by atoms with E-state index in [1.165, 1.54) is 7.11 Å². The number of hydrogen-bond donors (Lipinski definition) is 1. The molecule has 116 valence electrons. The van der Waals surface area contributed by atoms with Crippen molar-refractivity contribution >= 4 is 17.5 Å². The second-order valence-corrected chi connectivity index (χ2v) is 5.62. The van der Waals surface area contributed by atoms with E-state index in [-0.39, 0.29) is 48.4 Å². The second kappa shape index (κ2) is 9.64. The maximum atomic E-state index is 11.9. The van der Waals surface area contributed by atoms with Crippen molar-refractivity contribution < 1.29 is 19.1 Å². The minimum absolute atomic E-state index is 0.00499. The zero-order valence-electron chi connectivity index (χ0n) is 13.2. The van der Waals surface area contributed by atoms with E-state index in [0.29, 0.717) is 12.8 Å². The van der Waals surface area contributed by atoms with Gasteiger partial charge in [-0.05, 0) is 12.8 Å². The summed E-state index contributed by atoms with van der Waals surface area (Å²) in [4.78, 5) is 34.8. The summed E-state index contributed by atoms with van der Waals surface area (Å²) in [6.07, 6.45) is 1.31. The largest absolute Gasteiger partial charge is 0.377 e. The van der Waals surface area contributed by atoms with E-state index in [1.807, 2.05) is 13.8 Å². The highest BCUT2D eigenvalue weighted by atomic mass is 16.5. The molecule has 0 aliphatic rings. The summed E-state index contributed by atoms with van der Waals surface area (Å²) >= 11 is 0. The minimum atomic E-state index is -0.153. The highest BCUT2D eigenvalue weighted by Gasteiger charge is 2.18. The summed E-state index contributed by atoms with van der Waals surface area (Å²) in [6.45, 7) is 7.43. The molecule has 0 aromatic heterocycles. The normalized spacial score (nSPS) is 13.9. The molecule has 0 aliphatic heterocycles. The van der Waals surface area contributed by atoms with Gasteiger partial charge in [0.2, 0.25) is 5.91 Å². The fourth-order valence-corrected chi connectivity index (χ4v) is 1.66. The zero-order valence-corrected chi connectivity index (χ0v) is 13.2. The Morgan fingerprint density at radius 2 is 1.45 bits per heavy atom. The second-order valence-electron chi connectivity index (χ2n) is 5.62. The molecule has 0 saturated heterocycles. The Labute approximate surface area is 121 Å². The van der Waals surface area contributed by atoms with Crippen LogP contribution in [-0.4, -0.2) is 37.7 Å². The van der Waals surface area contributed by atoms with Gasteiger partial charge in [0.25, 0.3) is 0 Å². The van der Waals surface area contributed by atoms with Crippen LogP contribution < -0.4 is 5.32 Å². The van der Waals surface area contributed by atoms with E-state index >= 15 is 0 Å². The van der Waals surface area contributed by atoms with Crippen LogP contribution in [0.1, 0.15) is 40.5 Å². The molecule has 1 amide bonds. The standard InChI is InChI=1S/C15H27NO4/c1-10(2)15(19)16-8-13(17)11(3)6-7-12(4)14(18)9-20-5/h10-12H,6-9H2,1-5H3,(H,16,19). The van der Waals surface area contributed by atoms with Gasteiger partial charge in [-0.1, -0.05) is 27.7 Å². The van der Waals surface area contributed by atoms with Gasteiger partial charge in [0, 0.05) is 24.9 Å². The maximum absolute atomic E-state index is 11.9. The number of hydrogen-bond acceptors (Lipinski definition) is 4. The van der Waals surface area contributed by atoms with Gasteiger partial charge < -0.3 is 10.1 Å². The predicted octanol–water partition coefficient (Wildman–Crippen LogP) is 1.60. The van der Waals surface area contributed by atoms with Crippen molar-refractivity contribution in [2.75, 3.05) is 20.3 Å². The van der Waals surface area contributed by atoms with Crippen LogP contribution in [0.2, 0.25) is 0 Å². The van der Waals surface area contributed by atoms with Crippen LogP contribution in [-0.2, 0) is 19.1 Å². The molecule has 0 radical (unpaired) electrons. The van der Waals surface area contributed by atoms with E-state index in [0.717, 1.165) is 0 Å². The molecular formula is C15H27NO4. The fourth-order valence-electron chi connectivity index (χ4n) is 1.66. The molecule has 0 saturated carbocycles. The first kappa shape index (κ1) is 18.8. The number of rotatable bonds is 10. The Balaban J connectivity index is 4.02. The number of carbonyl (C=O) groups is 3. The smallest absolute Gasteiger partial charge is 0.222 e. The average Bonchev–Trinajstić information content (AvgIpc) is 2.41. The van der Waals surface area contributed by atoms with Gasteiger partial charge in [-0.25, -0.2) is 0 Å². The molecule has 0 fully saturated rings. The molecule has 0 aromatic rings. The monoisotopic (exact) mass is 285 g/mol. The lowest BCUT2D eigenvalue weighted by Gasteiger charge is -2.14. The van der Waals surface area contributed by atoms with Gasteiger partial charge in [0.05, 0.1) is 6.54 Å². The number of amides is 1. The fraction of sp³-hybridized carbons (Fsp3) is 0.800. The van der Waals surface area contributed by atoms with E-state index in [2.05, 4.69) is 5.32 Å². The number of methoxy groups -OCH3 is 1. The first-order chi connectivity index (χ1) is 9.29. The first-order valence-corrected chi connectivity index (χ1v) is 7.11. The Hall–Kier alpha value is -1.23. The van der Waals surface area contributed by atoms with Crippen LogP contribution in [0.5, 0.6) is 0 Å². The van der Waals surface area contributed by atoms with E-state index < -0.39 is 0 Å². The lowest BCUT2D eigenvalue weighted by Crippen LogP contribution is -2.34. The number of ketones is 2. The predicted molar refractivity (Wildman–Crippen MR) is 77.3 cm³/mol. The zero-order chi connectivity index (χ0) is 15.7. The van der Waals surface area contributed by atoms with Crippen molar-refractivity contribution in [3.63, 3.8) is 0 Å². The molecular weight excluding hydrogens is 258 g/mol. The lowest BCUT2D eigenvalue weighted by molar-refractivity contribution is -0.128. The Morgan fingerprint density at radius 1 is 0.950 bits per heavy atom. The van der Waals surface area contributed by atoms with Crippen molar-refractivity contribution in [2.45, 2.75) is 40.5 Å². The molecule has 5 nitrogen and oxygen atoms in total. The Kier molecular flexibility index (Phi) is 9.05. The molecule has 0 bridgehead atoms. The highest BCUT2D eigenvalue weighted by molar-refractivity contribution is 5.88. The van der Waals surface area contributed by atoms with Crippen LogP contribution in [0.3, 0.4) is 0 Å². The topological polar surface area (TPSA) is 72.5 Å². The van der Waals surface area contributed by atoms with Gasteiger partial charge in [-0.3, -0.25) is 14.4 Å². The van der Waals surface area contributed by atoms with Crippen molar-refractivity contribution in [1.82, 2.24) is 5.32 Å². The summed E-state index contributed by atoms with van der Waals surface area (Å²) in [7, 11) is 1.49. The van der Waals surface area contributed by atoms with Crippen LogP contribution in [0.25, 0.3) is 0 Å². The van der Waals surface area contributed by atoms with E-state index in [4.69, 9.17) is 4.74 Å². The van der Waals surface area contributed by atoms with E-state index in [9.17, 15) is 14.4 Å². The van der Waals surface area contributed by atoms with Crippen LogP contribution >= 0.6 is 0 Å². The minimum Gasteiger partial charge on any atom is -0.377 e. The molecule has 0 heterocycles. The third-order valence-electron chi connectivity index (χ3n) is 3.38. The van der Waals surface area contributed by atoms with Crippen molar-refractivity contribution in [2.24, 2.45) is 17.8 Å². The molecule has 0 aromatic carbocycles. The molecule has 2 unspecified atom stereocenters.